The van der Waals surface area contributed by atoms with Crippen molar-refractivity contribution in [3.05, 3.63) is 47.2 Å². The quantitative estimate of drug-likeness (QED) is 0.758. The van der Waals surface area contributed by atoms with Crippen molar-refractivity contribution >= 4 is 52.3 Å². The molecule has 0 saturated carbocycles. The van der Waals surface area contributed by atoms with Gasteiger partial charge in [-0.1, -0.05) is 34.8 Å². The molecule has 0 radical (unpaired) electrons. The van der Waals surface area contributed by atoms with Crippen molar-refractivity contribution in [3.8, 4) is 0 Å². The number of hydrogen-bond donors (Lipinski definition) is 0. The van der Waals surface area contributed by atoms with Gasteiger partial charge in [-0.25, -0.2) is 14.9 Å². The van der Waals surface area contributed by atoms with E-state index in [0.717, 1.165) is 0 Å². The lowest BCUT2D eigenvalue weighted by Gasteiger charge is -2.15. The number of rotatable bonds is 1. The number of carbonyl (C=O) groups is 1. The summed E-state index contributed by atoms with van der Waals surface area (Å²) in [7, 11) is 0. The predicted molar refractivity (Wildman–Crippen MR) is 74.0 cm³/mol. The molecule has 7 heteroatoms. The Morgan fingerprint density at radius 1 is 1.16 bits per heavy atom. The van der Waals surface area contributed by atoms with Gasteiger partial charge in [0.2, 0.25) is 10.3 Å². The standard InChI is InChI=1S/C12H6Cl3N3O/c13-7-2-3-9-8(6-7)12(14,15)10(19)18(9)11-16-4-1-5-17-11/h1-6H. The molecule has 3 rings (SSSR count). The second-order valence-corrected chi connectivity index (χ2v) is 5.69. The van der Waals surface area contributed by atoms with Crippen molar-refractivity contribution in [2.75, 3.05) is 4.90 Å². The zero-order valence-electron chi connectivity index (χ0n) is 9.35. The SMILES string of the molecule is O=C1N(c2ncccn2)c2ccc(Cl)cc2C1(Cl)Cl. The van der Waals surface area contributed by atoms with Crippen molar-refractivity contribution in [1.29, 1.82) is 0 Å². The summed E-state index contributed by atoms with van der Waals surface area (Å²) in [5, 5.41) is 0.452. The summed E-state index contributed by atoms with van der Waals surface area (Å²) >= 11 is 18.2. The van der Waals surface area contributed by atoms with E-state index < -0.39 is 10.2 Å². The fourth-order valence-corrected chi connectivity index (χ4v) is 2.57. The number of hydrogen-bond acceptors (Lipinski definition) is 3. The summed E-state index contributed by atoms with van der Waals surface area (Å²) in [6.07, 6.45) is 3.07. The van der Waals surface area contributed by atoms with Crippen LogP contribution >= 0.6 is 34.8 Å². The predicted octanol–water partition coefficient (Wildman–Crippen LogP) is 3.44. The van der Waals surface area contributed by atoms with Crippen LogP contribution < -0.4 is 4.90 Å². The van der Waals surface area contributed by atoms with Gasteiger partial charge in [0.1, 0.15) is 0 Å². The van der Waals surface area contributed by atoms with E-state index in [1.54, 1.807) is 24.3 Å². The van der Waals surface area contributed by atoms with Gasteiger partial charge in [0, 0.05) is 23.0 Å². The van der Waals surface area contributed by atoms with Crippen LogP contribution in [-0.2, 0) is 9.13 Å². The third-order valence-corrected chi connectivity index (χ3v) is 3.73. The first-order chi connectivity index (χ1) is 9.01. The number of anilines is 2. The molecule has 0 atom stereocenters. The fourth-order valence-electron chi connectivity index (χ4n) is 1.93. The molecule has 1 amide bonds. The van der Waals surface area contributed by atoms with Crippen LogP contribution in [0.25, 0.3) is 0 Å². The number of benzene rings is 1. The molecule has 0 aliphatic carbocycles. The Labute approximate surface area is 123 Å². The van der Waals surface area contributed by atoms with Gasteiger partial charge in [-0.3, -0.25) is 4.79 Å². The second kappa shape index (κ2) is 4.34. The molecule has 0 bridgehead atoms. The van der Waals surface area contributed by atoms with Crippen molar-refractivity contribution in [2.45, 2.75) is 4.33 Å². The smallest absolute Gasteiger partial charge is 0.270 e. The molecular weight excluding hydrogens is 309 g/mol. The lowest BCUT2D eigenvalue weighted by atomic mass is 10.1. The maximum atomic E-state index is 12.3. The molecule has 0 saturated heterocycles. The Balaban J connectivity index is 2.22. The maximum Gasteiger partial charge on any atom is 0.275 e. The molecule has 1 aromatic heterocycles. The zero-order chi connectivity index (χ0) is 13.6. The van der Waals surface area contributed by atoms with E-state index in [1.807, 2.05) is 0 Å². The van der Waals surface area contributed by atoms with E-state index in [1.165, 1.54) is 17.3 Å². The number of amides is 1. The number of nitrogens with zero attached hydrogens (tertiary/aromatic N) is 3. The summed E-state index contributed by atoms with van der Waals surface area (Å²) < 4.78 is -1.68. The van der Waals surface area contributed by atoms with E-state index in [9.17, 15) is 4.79 Å². The molecular formula is C12H6Cl3N3O. The van der Waals surface area contributed by atoms with Gasteiger partial charge in [-0.2, -0.15) is 0 Å². The summed E-state index contributed by atoms with van der Waals surface area (Å²) in [4.78, 5) is 21.7. The number of halogens is 3. The van der Waals surface area contributed by atoms with E-state index in [-0.39, 0.29) is 5.95 Å². The van der Waals surface area contributed by atoms with E-state index in [2.05, 4.69) is 9.97 Å². The normalized spacial score (nSPS) is 16.6. The van der Waals surface area contributed by atoms with E-state index >= 15 is 0 Å². The first-order valence-electron chi connectivity index (χ1n) is 5.31. The maximum absolute atomic E-state index is 12.3. The minimum atomic E-state index is -1.68. The van der Waals surface area contributed by atoms with Crippen molar-refractivity contribution in [3.63, 3.8) is 0 Å². The highest BCUT2D eigenvalue weighted by molar-refractivity contribution is 6.60. The van der Waals surface area contributed by atoms with Crippen LogP contribution in [0.5, 0.6) is 0 Å². The highest BCUT2D eigenvalue weighted by Gasteiger charge is 2.50. The molecule has 1 aliphatic rings. The summed E-state index contributed by atoms with van der Waals surface area (Å²) in [6, 6.07) is 6.54. The van der Waals surface area contributed by atoms with Crippen LogP contribution in [0.4, 0.5) is 11.6 Å². The van der Waals surface area contributed by atoms with Crippen molar-refractivity contribution in [1.82, 2.24) is 9.97 Å². The molecule has 1 aromatic carbocycles. The highest BCUT2D eigenvalue weighted by Crippen LogP contribution is 2.50. The zero-order valence-corrected chi connectivity index (χ0v) is 11.6. The molecule has 0 spiro atoms. The van der Waals surface area contributed by atoms with Gasteiger partial charge < -0.3 is 0 Å². The van der Waals surface area contributed by atoms with Gasteiger partial charge in [0.05, 0.1) is 5.69 Å². The van der Waals surface area contributed by atoms with Gasteiger partial charge in [-0.15, -0.1) is 0 Å². The summed E-state index contributed by atoms with van der Waals surface area (Å²) in [5.41, 5.74) is 0.964. The molecule has 0 unspecified atom stereocenters. The van der Waals surface area contributed by atoms with Crippen molar-refractivity contribution in [2.24, 2.45) is 0 Å². The molecule has 2 heterocycles. The molecule has 0 fully saturated rings. The van der Waals surface area contributed by atoms with Gasteiger partial charge >= 0.3 is 0 Å². The number of aromatic nitrogens is 2. The molecule has 96 valence electrons. The number of carbonyl (C=O) groups excluding carboxylic acids is 1. The Kier molecular flexibility index (Phi) is 2.89. The average molecular weight is 315 g/mol. The third kappa shape index (κ3) is 1.87. The molecule has 1 aliphatic heterocycles. The minimum Gasteiger partial charge on any atom is -0.270 e. The molecule has 19 heavy (non-hydrogen) atoms. The van der Waals surface area contributed by atoms with Crippen LogP contribution in [-0.4, -0.2) is 15.9 Å². The van der Waals surface area contributed by atoms with Crippen LogP contribution in [0.15, 0.2) is 36.7 Å². The fraction of sp³-hybridized carbons (Fsp3) is 0.0833. The largest absolute Gasteiger partial charge is 0.275 e. The Morgan fingerprint density at radius 3 is 2.53 bits per heavy atom. The Hall–Kier alpha value is -1.36. The Bertz CT molecular complexity index is 661. The highest BCUT2D eigenvalue weighted by atomic mass is 35.5. The minimum absolute atomic E-state index is 0.222. The number of alkyl halides is 2. The van der Waals surface area contributed by atoms with Crippen LogP contribution in [0.3, 0.4) is 0 Å². The monoisotopic (exact) mass is 313 g/mol. The van der Waals surface area contributed by atoms with E-state index in [4.69, 9.17) is 34.8 Å². The topological polar surface area (TPSA) is 46.1 Å². The second-order valence-electron chi connectivity index (χ2n) is 3.93. The van der Waals surface area contributed by atoms with Gasteiger partial charge in [-0.05, 0) is 24.3 Å². The van der Waals surface area contributed by atoms with Gasteiger partial charge in [0.25, 0.3) is 5.91 Å². The Morgan fingerprint density at radius 2 is 1.84 bits per heavy atom. The van der Waals surface area contributed by atoms with Crippen LogP contribution in [0, 0.1) is 0 Å². The first kappa shape index (κ1) is 12.7. The third-order valence-electron chi connectivity index (χ3n) is 2.76. The summed E-state index contributed by atoms with van der Waals surface area (Å²) in [5.74, 6) is -0.293. The molecule has 2 aromatic rings. The average Bonchev–Trinajstić information content (AvgIpc) is 2.59. The number of fused-ring (bicyclic) bond motifs is 1. The van der Waals surface area contributed by atoms with E-state index in [0.29, 0.717) is 16.3 Å². The lowest BCUT2D eigenvalue weighted by Crippen LogP contribution is -2.30. The lowest BCUT2D eigenvalue weighted by molar-refractivity contribution is -0.118. The molecule has 0 N–H and O–H groups in total. The molecule has 4 nitrogen and oxygen atoms in total. The van der Waals surface area contributed by atoms with Gasteiger partial charge in [0.15, 0.2) is 0 Å². The first-order valence-corrected chi connectivity index (χ1v) is 6.44. The van der Waals surface area contributed by atoms with Crippen LogP contribution in [0.2, 0.25) is 5.02 Å². The van der Waals surface area contributed by atoms with Crippen molar-refractivity contribution < 1.29 is 4.79 Å². The summed E-state index contributed by atoms with van der Waals surface area (Å²) in [6.45, 7) is 0. The van der Waals surface area contributed by atoms with Crippen LogP contribution in [0.1, 0.15) is 5.56 Å².